The fourth-order valence-corrected chi connectivity index (χ4v) is 4.45. The molecule has 0 unspecified atom stereocenters. The van der Waals surface area contributed by atoms with Gasteiger partial charge in [-0.05, 0) is 35.9 Å². The Bertz CT molecular complexity index is 932. The molecule has 0 aromatic heterocycles. The first-order valence-electron chi connectivity index (χ1n) is 8.67. The van der Waals surface area contributed by atoms with E-state index in [0.29, 0.717) is 34.3 Å². The van der Waals surface area contributed by atoms with Crippen molar-refractivity contribution in [2.75, 3.05) is 13.1 Å². The Labute approximate surface area is 175 Å². The molecule has 0 N–H and O–H groups in total. The molecular formula is C20H21Cl2NO4S. The van der Waals surface area contributed by atoms with Gasteiger partial charge in [0, 0.05) is 34.8 Å². The number of benzene rings is 2. The Hall–Kier alpha value is -1.86. The fraction of sp³-hybridized carbons (Fsp3) is 0.250. The molecule has 2 aromatic rings. The molecule has 0 aliphatic rings. The summed E-state index contributed by atoms with van der Waals surface area (Å²) in [5, 5.41) is 0.851. The smallest absolute Gasteiger partial charge is 0.331 e. The van der Waals surface area contributed by atoms with Crippen LogP contribution in [-0.4, -0.2) is 31.8 Å². The van der Waals surface area contributed by atoms with E-state index < -0.39 is 16.0 Å². The molecule has 150 valence electrons. The second-order valence-electron chi connectivity index (χ2n) is 5.80. The molecule has 0 atom stereocenters. The number of carbonyl (C=O) groups excluding carboxylic acids is 1. The van der Waals surface area contributed by atoms with Crippen molar-refractivity contribution < 1.29 is 17.9 Å². The maximum atomic E-state index is 12.5. The van der Waals surface area contributed by atoms with Gasteiger partial charge >= 0.3 is 5.97 Å². The highest BCUT2D eigenvalue weighted by Crippen LogP contribution is 2.25. The predicted molar refractivity (Wildman–Crippen MR) is 112 cm³/mol. The molecule has 0 saturated carbocycles. The van der Waals surface area contributed by atoms with Crippen LogP contribution in [0.3, 0.4) is 0 Å². The van der Waals surface area contributed by atoms with Crippen LogP contribution in [0, 0.1) is 0 Å². The second-order valence-corrected chi connectivity index (χ2v) is 8.55. The topological polar surface area (TPSA) is 63.7 Å². The van der Waals surface area contributed by atoms with E-state index in [-0.39, 0.29) is 11.5 Å². The summed E-state index contributed by atoms with van der Waals surface area (Å²) in [6, 6.07) is 11.3. The Balaban J connectivity index is 2.01. The van der Waals surface area contributed by atoms with Gasteiger partial charge in [-0.3, -0.25) is 0 Å². The lowest BCUT2D eigenvalue weighted by atomic mass is 10.2. The van der Waals surface area contributed by atoms with E-state index in [0.717, 1.165) is 0 Å². The molecular weight excluding hydrogens is 421 g/mol. The first-order valence-corrected chi connectivity index (χ1v) is 10.9. The van der Waals surface area contributed by atoms with E-state index in [1.807, 2.05) is 0 Å². The molecule has 0 saturated heterocycles. The quantitative estimate of drug-likeness (QED) is 0.436. The van der Waals surface area contributed by atoms with Crippen molar-refractivity contribution in [3.05, 3.63) is 69.7 Å². The zero-order valence-electron chi connectivity index (χ0n) is 15.6. The number of hydrogen-bond donors (Lipinski definition) is 0. The molecule has 0 radical (unpaired) electrons. The highest BCUT2D eigenvalue weighted by Gasteiger charge is 2.20. The van der Waals surface area contributed by atoms with E-state index in [4.69, 9.17) is 27.9 Å². The van der Waals surface area contributed by atoms with E-state index >= 15 is 0 Å². The van der Waals surface area contributed by atoms with Crippen LogP contribution < -0.4 is 0 Å². The monoisotopic (exact) mass is 441 g/mol. The number of ether oxygens (including phenoxy) is 1. The zero-order chi connectivity index (χ0) is 20.7. The second kappa shape index (κ2) is 10.1. The van der Waals surface area contributed by atoms with Gasteiger partial charge in [-0.25, -0.2) is 13.2 Å². The van der Waals surface area contributed by atoms with E-state index in [1.165, 1.54) is 22.5 Å². The minimum absolute atomic E-state index is 0.0390. The van der Waals surface area contributed by atoms with Gasteiger partial charge in [0.05, 0.1) is 4.90 Å². The van der Waals surface area contributed by atoms with Crippen LogP contribution in [0.25, 0.3) is 6.08 Å². The molecule has 0 bridgehead atoms. The van der Waals surface area contributed by atoms with Gasteiger partial charge < -0.3 is 4.74 Å². The lowest BCUT2D eigenvalue weighted by Gasteiger charge is -2.18. The fourth-order valence-electron chi connectivity index (χ4n) is 2.49. The Morgan fingerprint density at radius 3 is 2.14 bits per heavy atom. The lowest BCUT2D eigenvalue weighted by molar-refractivity contribution is -0.138. The molecule has 0 heterocycles. The average molecular weight is 442 g/mol. The summed E-state index contributed by atoms with van der Waals surface area (Å²) in [7, 11) is -3.50. The SMILES string of the molecule is CCN(CC)S(=O)(=O)c1ccc(/C=C/C(=O)OCc2c(Cl)cccc2Cl)cc1. The summed E-state index contributed by atoms with van der Waals surface area (Å²) in [5.74, 6) is -0.559. The maximum absolute atomic E-state index is 12.5. The number of halogens is 2. The first kappa shape index (κ1) is 22.4. The first-order chi connectivity index (χ1) is 13.3. The molecule has 0 spiro atoms. The molecule has 2 aromatic carbocycles. The summed E-state index contributed by atoms with van der Waals surface area (Å²) < 4.78 is 31.5. The number of hydrogen-bond acceptors (Lipinski definition) is 4. The van der Waals surface area contributed by atoms with Gasteiger partial charge in [-0.1, -0.05) is 55.2 Å². The number of sulfonamides is 1. The van der Waals surface area contributed by atoms with Crippen molar-refractivity contribution in [3.63, 3.8) is 0 Å². The Morgan fingerprint density at radius 2 is 1.61 bits per heavy atom. The van der Waals surface area contributed by atoms with Gasteiger partial charge in [0.15, 0.2) is 0 Å². The van der Waals surface area contributed by atoms with Crippen LogP contribution in [0.4, 0.5) is 0 Å². The Morgan fingerprint density at radius 1 is 1.04 bits per heavy atom. The van der Waals surface area contributed by atoms with Crippen LogP contribution in [0.2, 0.25) is 10.0 Å². The third-order valence-electron chi connectivity index (χ3n) is 4.06. The third-order valence-corrected chi connectivity index (χ3v) is 6.83. The third kappa shape index (κ3) is 5.58. The van der Waals surface area contributed by atoms with Crippen LogP contribution in [0.5, 0.6) is 0 Å². The normalized spacial score (nSPS) is 11.9. The average Bonchev–Trinajstić information content (AvgIpc) is 2.67. The summed E-state index contributed by atoms with van der Waals surface area (Å²) >= 11 is 12.1. The minimum Gasteiger partial charge on any atom is -0.458 e. The van der Waals surface area contributed by atoms with Crippen molar-refractivity contribution in [1.82, 2.24) is 4.31 Å². The summed E-state index contributed by atoms with van der Waals surface area (Å²) in [5.41, 5.74) is 1.21. The highest BCUT2D eigenvalue weighted by molar-refractivity contribution is 7.89. The van der Waals surface area contributed by atoms with Gasteiger partial charge in [-0.15, -0.1) is 0 Å². The number of rotatable bonds is 8. The van der Waals surface area contributed by atoms with Gasteiger partial charge in [0.2, 0.25) is 10.0 Å². The number of esters is 1. The molecule has 8 heteroatoms. The van der Waals surface area contributed by atoms with Crippen molar-refractivity contribution in [1.29, 1.82) is 0 Å². The molecule has 5 nitrogen and oxygen atoms in total. The molecule has 0 aliphatic heterocycles. The van der Waals surface area contributed by atoms with E-state index in [9.17, 15) is 13.2 Å². The highest BCUT2D eigenvalue weighted by atomic mass is 35.5. The van der Waals surface area contributed by atoms with Crippen LogP contribution >= 0.6 is 23.2 Å². The zero-order valence-corrected chi connectivity index (χ0v) is 17.9. The number of nitrogens with zero attached hydrogens (tertiary/aromatic N) is 1. The standard InChI is InChI=1S/C20H21Cl2NO4S/c1-3-23(4-2)28(25,26)16-11-8-15(9-12-16)10-13-20(24)27-14-17-18(21)6-5-7-19(17)22/h5-13H,3-4,14H2,1-2H3/b13-10+. The van der Waals surface area contributed by atoms with Crippen molar-refractivity contribution in [2.24, 2.45) is 0 Å². The molecule has 28 heavy (non-hydrogen) atoms. The van der Waals surface area contributed by atoms with Crippen LogP contribution in [0.1, 0.15) is 25.0 Å². The van der Waals surface area contributed by atoms with Crippen LogP contribution in [-0.2, 0) is 26.2 Å². The molecule has 2 rings (SSSR count). The number of carbonyl (C=O) groups is 1. The van der Waals surface area contributed by atoms with Gasteiger partial charge in [0.1, 0.15) is 6.61 Å². The van der Waals surface area contributed by atoms with Crippen LogP contribution in [0.15, 0.2) is 53.4 Å². The summed E-state index contributed by atoms with van der Waals surface area (Å²) in [4.78, 5) is 12.1. The van der Waals surface area contributed by atoms with Crippen molar-refractivity contribution in [3.8, 4) is 0 Å². The molecule has 0 fully saturated rings. The summed E-state index contributed by atoms with van der Waals surface area (Å²) in [6.45, 7) is 4.35. The summed E-state index contributed by atoms with van der Waals surface area (Å²) in [6.07, 6.45) is 2.81. The van der Waals surface area contributed by atoms with Crippen molar-refractivity contribution >= 4 is 45.3 Å². The van der Waals surface area contributed by atoms with Crippen molar-refractivity contribution in [2.45, 2.75) is 25.3 Å². The Kier molecular flexibility index (Phi) is 8.07. The predicted octanol–water partition coefficient (Wildman–Crippen LogP) is 4.78. The minimum atomic E-state index is -3.50. The van der Waals surface area contributed by atoms with Gasteiger partial charge in [0.25, 0.3) is 0 Å². The van der Waals surface area contributed by atoms with E-state index in [1.54, 1.807) is 50.3 Å². The lowest BCUT2D eigenvalue weighted by Crippen LogP contribution is -2.30. The largest absolute Gasteiger partial charge is 0.458 e. The molecule has 0 aliphatic carbocycles. The van der Waals surface area contributed by atoms with E-state index in [2.05, 4.69) is 0 Å². The molecule has 0 amide bonds. The maximum Gasteiger partial charge on any atom is 0.331 e. The van der Waals surface area contributed by atoms with Gasteiger partial charge in [-0.2, -0.15) is 4.31 Å².